The topological polar surface area (TPSA) is 52.6 Å². The van der Waals surface area contributed by atoms with Crippen molar-refractivity contribution in [2.45, 2.75) is 13.0 Å². The average molecular weight is 238 g/mol. The smallest absolute Gasteiger partial charge is 0.239 e. The zero-order chi connectivity index (χ0) is 12.3. The highest BCUT2D eigenvalue weighted by molar-refractivity contribution is 5.81. The van der Waals surface area contributed by atoms with Gasteiger partial charge in [-0.05, 0) is 24.1 Å². The fourth-order valence-corrected chi connectivity index (χ4v) is 1.92. The van der Waals surface area contributed by atoms with E-state index < -0.39 is 5.82 Å². The van der Waals surface area contributed by atoms with Gasteiger partial charge in [0.05, 0.1) is 18.8 Å². The highest BCUT2D eigenvalue weighted by atomic mass is 19.1. The Morgan fingerprint density at radius 2 is 2.29 bits per heavy atom. The number of amides is 1. The van der Waals surface area contributed by atoms with Crippen molar-refractivity contribution >= 4 is 11.6 Å². The highest BCUT2D eigenvalue weighted by Crippen LogP contribution is 2.21. The van der Waals surface area contributed by atoms with Gasteiger partial charge in [-0.1, -0.05) is 6.07 Å². The van der Waals surface area contributed by atoms with Crippen molar-refractivity contribution < 1.29 is 14.3 Å². The van der Waals surface area contributed by atoms with Crippen LogP contribution in [0.4, 0.5) is 10.1 Å². The molecule has 2 rings (SSSR count). The molecule has 0 unspecified atom stereocenters. The summed E-state index contributed by atoms with van der Waals surface area (Å²) in [6, 6.07) is 4.58. The van der Waals surface area contributed by atoms with Crippen molar-refractivity contribution in [2.24, 2.45) is 0 Å². The maximum absolute atomic E-state index is 13.8. The Labute approximate surface area is 99.0 Å². The lowest BCUT2D eigenvalue weighted by molar-refractivity contribution is -0.119. The maximum Gasteiger partial charge on any atom is 0.239 e. The largest absolute Gasteiger partial charge is 0.392 e. The van der Waals surface area contributed by atoms with Gasteiger partial charge in [0, 0.05) is 13.1 Å². The third kappa shape index (κ3) is 2.74. The fourth-order valence-electron chi connectivity index (χ4n) is 1.92. The molecule has 0 atom stereocenters. The van der Waals surface area contributed by atoms with Crippen molar-refractivity contribution in [1.82, 2.24) is 5.32 Å². The van der Waals surface area contributed by atoms with Gasteiger partial charge in [-0.25, -0.2) is 4.39 Å². The lowest BCUT2D eigenvalue weighted by Crippen LogP contribution is -2.33. The summed E-state index contributed by atoms with van der Waals surface area (Å²) < 4.78 is 13.8. The second-order valence-electron chi connectivity index (χ2n) is 4.07. The van der Waals surface area contributed by atoms with Gasteiger partial charge < -0.3 is 15.3 Å². The van der Waals surface area contributed by atoms with E-state index in [0.717, 1.165) is 6.42 Å². The molecule has 0 aromatic heterocycles. The average Bonchev–Trinajstić information content (AvgIpc) is 2.53. The molecule has 0 spiro atoms. The molecular weight excluding hydrogens is 223 g/mol. The minimum atomic E-state index is -0.397. The number of aliphatic hydroxyl groups is 1. The summed E-state index contributed by atoms with van der Waals surface area (Å²) in [4.78, 5) is 13.1. The number of hydrogen-bond donors (Lipinski definition) is 2. The van der Waals surface area contributed by atoms with E-state index in [1.165, 1.54) is 6.07 Å². The number of nitrogens with zero attached hydrogens (tertiary/aromatic N) is 1. The number of benzene rings is 1. The van der Waals surface area contributed by atoms with Crippen LogP contribution in [-0.2, 0) is 11.4 Å². The SMILES string of the molecule is O=C1CN(c2ccc(CO)cc2F)CCCN1. The Morgan fingerprint density at radius 1 is 1.47 bits per heavy atom. The van der Waals surface area contributed by atoms with Crippen molar-refractivity contribution in [3.63, 3.8) is 0 Å². The number of halogens is 1. The zero-order valence-corrected chi connectivity index (χ0v) is 9.45. The third-order valence-electron chi connectivity index (χ3n) is 2.80. The van der Waals surface area contributed by atoms with Crippen molar-refractivity contribution in [3.8, 4) is 0 Å². The maximum atomic E-state index is 13.8. The number of carbonyl (C=O) groups is 1. The predicted octanol–water partition coefficient (Wildman–Crippen LogP) is 0.644. The van der Waals surface area contributed by atoms with Crippen LogP contribution in [-0.4, -0.2) is 30.6 Å². The summed E-state index contributed by atoms with van der Waals surface area (Å²) in [6.45, 7) is 1.27. The Kier molecular flexibility index (Phi) is 3.58. The monoisotopic (exact) mass is 238 g/mol. The Morgan fingerprint density at radius 3 is 3.00 bits per heavy atom. The molecule has 0 aliphatic carbocycles. The number of nitrogens with one attached hydrogen (secondary N) is 1. The minimum absolute atomic E-state index is 0.0897. The van der Waals surface area contributed by atoms with Crippen LogP contribution in [0.5, 0.6) is 0 Å². The molecule has 2 N–H and O–H groups in total. The third-order valence-corrected chi connectivity index (χ3v) is 2.80. The molecule has 1 heterocycles. The van der Waals surface area contributed by atoms with Crippen LogP contribution < -0.4 is 10.2 Å². The molecule has 0 radical (unpaired) electrons. The molecule has 1 fully saturated rings. The lowest BCUT2D eigenvalue weighted by atomic mass is 10.2. The number of hydrogen-bond acceptors (Lipinski definition) is 3. The van der Waals surface area contributed by atoms with E-state index in [1.54, 1.807) is 17.0 Å². The van der Waals surface area contributed by atoms with Gasteiger partial charge in [0.2, 0.25) is 5.91 Å². The summed E-state index contributed by atoms with van der Waals surface area (Å²) in [5, 5.41) is 11.6. The molecule has 17 heavy (non-hydrogen) atoms. The standard InChI is InChI=1S/C12H15FN2O2/c13-10-6-9(8-16)2-3-11(10)15-5-1-4-14-12(17)7-15/h2-3,6,16H,1,4-5,7-8H2,(H,14,17). The van der Waals surface area contributed by atoms with E-state index in [1.807, 2.05) is 0 Å². The van der Waals surface area contributed by atoms with Crippen LogP contribution in [0.15, 0.2) is 18.2 Å². The first kappa shape index (κ1) is 11.9. The highest BCUT2D eigenvalue weighted by Gasteiger charge is 2.17. The van der Waals surface area contributed by atoms with E-state index >= 15 is 0 Å². The molecule has 5 heteroatoms. The number of aliphatic hydroxyl groups excluding tert-OH is 1. The van der Waals surface area contributed by atoms with Crippen LogP contribution in [0, 0.1) is 5.82 Å². The molecule has 4 nitrogen and oxygen atoms in total. The Balaban J connectivity index is 2.23. The van der Waals surface area contributed by atoms with Gasteiger partial charge in [0.1, 0.15) is 5.82 Å². The van der Waals surface area contributed by atoms with E-state index in [9.17, 15) is 9.18 Å². The van der Waals surface area contributed by atoms with E-state index in [0.29, 0.717) is 24.3 Å². The molecule has 1 aliphatic heterocycles. The molecule has 1 amide bonds. The van der Waals surface area contributed by atoms with Crippen molar-refractivity contribution in [3.05, 3.63) is 29.6 Å². The van der Waals surface area contributed by atoms with Crippen LogP contribution in [0.25, 0.3) is 0 Å². The van der Waals surface area contributed by atoms with Gasteiger partial charge in [-0.3, -0.25) is 4.79 Å². The molecule has 1 aromatic carbocycles. The van der Waals surface area contributed by atoms with Crippen LogP contribution in [0.1, 0.15) is 12.0 Å². The van der Waals surface area contributed by atoms with E-state index in [-0.39, 0.29) is 19.1 Å². The van der Waals surface area contributed by atoms with E-state index in [4.69, 9.17) is 5.11 Å². The molecule has 1 aromatic rings. The molecule has 1 saturated heterocycles. The minimum Gasteiger partial charge on any atom is -0.392 e. The molecule has 0 saturated carbocycles. The number of carbonyl (C=O) groups excluding carboxylic acids is 1. The van der Waals surface area contributed by atoms with Crippen molar-refractivity contribution in [2.75, 3.05) is 24.5 Å². The Bertz CT molecular complexity index is 423. The van der Waals surface area contributed by atoms with Gasteiger partial charge in [0.25, 0.3) is 0 Å². The fraction of sp³-hybridized carbons (Fsp3) is 0.417. The van der Waals surface area contributed by atoms with Crippen LogP contribution in [0.3, 0.4) is 0 Å². The normalized spacial score (nSPS) is 16.6. The van der Waals surface area contributed by atoms with Gasteiger partial charge in [-0.2, -0.15) is 0 Å². The summed E-state index contributed by atoms with van der Waals surface area (Å²) >= 11 is 0. The molecule has 1 aliphatic rings. The van der Waals surface area contributed by atoms with Crippen molar-refractivity contribution in [1.29, 1.82) is 0 Å². The molecule has 0 bridgehead atoms. The van der Waals surface area contributed by atoms with Gasteiger partial charge in [-0.15, -0.1) is 0 Å². The summed E-state index contributed by atoms with van der Waals surface area (Å²) in [5.41, 5.74) is 0.949. The summed E-state index contributed by atoms with van der Waals surface area (Å²) in [5.74, 6) is -0.487. The molecular formula is C12H15FN2O2. The Hall–Kier alpha value is -1.62. The summed E-state index contributed by atoms with van der Waals surface area (Å²) in [6.07, 6.45) is 0.799. The summed E-state index contributed by atoms with van der Waals surface area (Å²) in [7, 11) is 0. The van der Waals surface area contributed by atoms with Gasteiger partial charge in [0.15, 0.2) is 0 Å². The lowest BCUT2D eigenvalue weighted by Gasteiger charge is -2.22. The first-order chi connectivity index (χ1) is 8.20. The first-order valence-corrected chi connectivity index (χ1v) is 5.61. The first-order valence-electron chi connectivity index (χ1n) is 5.61. The number of anilines is 1. The van der Waals surface area contributed by atoms with E-state index in [2.05, 4.69) is 5.32 Å². The van der Waals surface area contributed by atoms with Crippen LogP contribution in [0.2, 0.25) is 0 Å². The zero-order valence-electron chi connectivity index (χ0n) is 9.45. The number of rotatable bonds is 2. The quantitative estimate of drug-likeness (QED) is 0.795. The second kappa shape index (κ2) is 5.14. The second-order valence-corrected chi connectivity index (χ2v) is 4.07. The molecule has 92 valence electrons. The van der Waals surface area contributed by atoms with Gasteiger partial charge >= 0.3 is 0 Å². The predicted molar refractivity (Wildman–Crippen MR) is 62.2 cm³/mol. The van der Waals surface area contributed by atoms with Crippen LogP contribution >= 0.6 is 0 Å².